The number of hydrogen-bond acceptors (Lipinski definition) is 6. The van der Waals surface area contributed by atoms with Crippen molar-refractivity contribution in [3.05, 3.63) is 51.6 Å². The molecule has 8 heteroatoms. The maximum atomic E-state index is 13.0. The zero-order chi connectivity index (χ0) is 17.1. The molecule has 0 aliphatic rings. The minimum Gasteiger partial charge on any atom is -0.360 e. The molecule has 3 aromatic heterocycles. The molecule has 0 bridgehead atoms. The van der Waals surface area contributed by atoms with Gasteiger partial charge in [0.05, 0.1) is 18.1 Å². The summed E-state index contributed by atoms with van der Waals surface area (Å²) < 4.78 is 18.2. The molecule has 3 rings (SSSR count). The molecule has 0 saturated carbocycles. The van der Waals surface area contributed by atoms with Gasteiger partial charge in [0.2, 0.25) is 0 Å². The maximum Gasteiger partial charge on any atom is 0.262 e. The second kappa shape index (κ2) is 6.71. The van der Waals surface area contributed by atoms with Gasteiger partial charge in [-0.25, -0.2) is 9.37 Å². The first kappa shape index (κ1) is 16.0. The molecule has 0 spiro atoms. The van der Waals surface area contributed by atoms with Crippen molar-refractivity contribution in [3.8, 4) is 11.4 Å². The summed E-state index contributed by atoms with van der Waals surface area (Å²) in [5.41, 5.74) is 1.76. The van der Waals surface area contributed by atoms with Gasteiger partial charge in [-0.2, -0.15) is 0 Å². The van der Waals surface area contributed by atoms with Gasteiger partial charge in [0, 0.05) is 12.6 Å². The molecule has 0 aliphatic heterocycles. The third kappa shape index (κ3) is 3.23. The largest absolute Gasteiger partial charge is 0.360 e. The van der Waals surface area contributed by atoms with E-state index >= 15 is 0 Å². The van der Waals surface area contributed by atoms with Crippen molar-refractivity contribution in [1.82, 2.24) is 20.4 Å². The topological polar surface area (TPSA) is 80.9 Å². The van der Waals surface area contributed by atoms with Crippen LogP contribution < -0.4 is 5.32 Å². The van der Waals surface area contributed by atoms with Crippen LogP contribution in [0.3, 0.4) is 0 Å². The quantitative estimate of drug-likeness (QED) is 0.786. The molecule has 0 aliphatic carbocycles. The molecule has 0 atom stereocenters. The number of carbonyl (C=O) groups excluding carboxylic acids is 1. The summed E-state index contributed by atoms with van der Waals surface area (Å²) in [4.78, 5) is 20.3. The minimum absolute atomic E-state index is 0.176. The van der Waals surface area contributed by atoms with E-state index in [2.05, 4.69) is 20.4 Å². The van der Waals surface area contributed by atoms with Crippen molar-refractivity contribution >= 4 is 29.4 Å². The van der Waals surface area contributed by atoms with Gasteiger partial charge in [0.25, 0.3) is 5.91 Å². The van der Waals surface area contributed by atoms with Crippen LogP contribution in [0, 0.1) is 12.7 Å². The predicted molar refractivity (Wildman–Crippen MR) is 88.9 cm³/mol. The fraction of sp³-hybridized carbons (Fsp3) is 0.125. The Morgan fingerprint density at radius 3 is 2.83 bits per heavy atom. The van der Waals surface area contributed by atoms with Crippen molar-refractivity contribution in [2.45, 2.75) is 6.92 Å². The second-order valence-electron chi connectivity index (χ2n) is 4.84. The Morgan fingerprint density at radius 2 is 2.12 bits per heavy atom. The van der Waals surface area contributed by atoms with Crippen LogP contribution in [0.15, 0.2) is 29.0 Å². The van der Waals surface area contributed by atoms with Crippen molar-refractivity contribution in [1.29, 1.82) is 0 Å². The summed E-state index contributed by atoms with van der Waals surface area (Å²) in [6.07, 6.45) is 6.21. The highest BCUT2D eigenvalue weighted by atomic mass is 32.1. The monoisotopic (exact) mass is 344 g/mol. The van der Waals surface area contributed by atoms with Crippen LogP contribution in [0.4, 0.5) is 4.39 Å². The first-order valence-electron chi connectivity index (χ1n) is 7.02. The highest BCUT2D eigenvalue weighted by Gasteiger charge is 2.14. The fourth-order valence-corrected chi connectivity index (χ4v) is 2.79. The van der Waals surface area contributed by atoms with Crippen molar-refractivity contribution in [3.63, 3.8) is 0 Å². The lowest BCUT2D eigenvalue weighted by Gasteiger charge is -1.97. The van der Waals surface area contributed by atoms with E-state index in [-0.39, 0.29) is 5.91 Å². The number of nitrogens with zero attached hydrogens (tertiary/aromatic N) is 3. The highest BCUT2D eigenvalue weighted by molar-refractivity contribution is 7.14. The summed E-state index contributed by atoms with van der Waals surface area (Å²) in [6, 6.07) is 2.85. The smallest absolute Gasteiger partial charge is 0.262 e. The molecule has 0 saturated heterocycles. The summed E-state index contributed by atoms with van der Waals surface area (Å²) in [5, 5.41) is 7.21. The van der Waals surface area contributed by atoms with E-state index in [9.17, 15) is 9.18 Å². The summed E-state index contributed by atoms with van der Waals surface area (Å²) >= 11 is 1.27. The number of hydrogen-bond donors (Lipinski definition) is 1. The lowest BCUT2D eigenvalue weighted by molar-refractivity contribution is 0.0967. The Balaban J connectivity index is 1.90. The van der Waals surface area contributed by atoms with Crippen LogP contribution in [-0.2, 0) is 0 Å². The maximum absolute atomic E-state index is 13.0. The molecule has 24 heavy (non-hydrogen) atoms. The second-order valence-corrected chi connectivity index (χ2v) is 5.90. The van der Waals surface area contributed by atoms with Crippen molar-refractivity contribution < 1.29 is 13.7 Å². The zero-order valence-corrected chi connectivity index (χ0v) is 13.7. The van der Waals surface area contributed by atoms with Crippen LogP contribution >= 0.6 is 11.3 Å². The van der Waals surface area contributed by atoms with E-state index in [4.69, 9.17) is 4.52 Å². The Morgan fingerprint density at radius 1 is 1.29 bits per heavy atom. The van der Waals surface area contributed by atoms with Gasteiger partial charge in [-0.15, -0.1) is 11.3 Å². The van der Waals surface area contributed by atoms with Gasteiger partial charge in [0.15, 0.2) is 0 Å². The molecular formula is C16H13FN4O2S. The third-order valence-electron chi connectivity index (χ3n) is 3.25. The summed E-state index contributed by atoms with van der Waals surface area (Å²) in [5.74, 6) is 0.0144. The molecule has 1 N–H and O–H groups in total. The molecule has 0 fully saturated rings. The Hall–Kier alpha value is -2.87. The van der Waals surface area contributed by atoms with E-state index in [1.807, 2.05) is 0 Å². The van der Waals surface area contributed by atoms with Gasteiger partial charge in [-0.05, 0) is 31.2 Å². The Bertz CT molecular complexity index is 899. The van der Waals surface area contributed by atoms with Crippen molar-refractivity contribution in [2.24, 2.45) is 0 Å². The first-order valence-corrected chi connectivity index (χ1v) is 7.84. The number of carbonyl (C=O) groups is 1. The Labute approximate surface area is 141 Å². The SMILES string of the molecule is CNC(=O)c1cnc(/C=C/c2c(-c3ccc(F)cn3)noc2C)s1. The van der Waals surface area contributed by atoms with Gasteiger partial charge >= 0.3 is 0 Å². The molecule has 3 aromatic rings. The molecule has 0 aromatic carbocycles. The number of halogens is 1. The number of aryl methyl sites for hydroxylation is 1. The van der Waals surface area contributed by atoms with E-state index in [1.54, 1.807) is 26.1 Å². The fourth-order valence-electron chi connectivity index (χ4n) is 2.02. The number of rotatable bonds is 4. The molecule has 0 radical (unpaired) electrons. The molecule has 3 heterocycles. The molecule has 6 nitrogen and oxygen atoms in total. The van der Waals surface area contributed by atoms with Crippen LogP contribution in [0.1, 0.15) is 26.0 Å². The molecule has 0 unspecified atom stereocenters. The van der Waals surface area contributed by atoms with E-state index in [0.717, 1.165) is 11.8 Å². The normalized spacial score (nSPS) is 11.1. The lowest BCUT2D eigenvalue weighted by atomic mass is 10.1. The first-order chi connectivity index (χ1) is 11.6. The summed E-state index contributed by atoms with van der Waals surface area (Å²) in [6.45, 7) is 1.78. The van der Waals surface area contributed by atoms with Gasteiger partial charge in [-0.1, -0.05) is 5.16 Å². The highest BCUT2D eigenvalue weighted by Crippen LogP contribution is 2.26. The number of aromatic nitrogens is 3. The number of nitrogens with one attached hydrogen (secondary N) is 1. The van der Waals surface area contributed by atoms with E-state index < -0.39 is 5.82 Å². The van der Waals surface area contributed by atoms with Crippen LogP contribution in [0.25, 0.3) is 23.5 Å². The average Bonchev–Trinajstić information content (AvgIpc) is 3.20. The number of thiazole rings is 1. The summed E-state index contributed by atoms with van der Waals surface area (Å²) in [7, 11) is 1.57. The number of amides is 1. The van der Waals surface area contributed by atoms with Crippen LogP contribution in [0.2, 0.25) is 0 Å². The minimum atomic E-state index is -0.416. The predicted octanol–water partition coefficient (Wildman–Crippen LogP) is 3.17. The van der Waals surface area contributed by atoms with E-state index in [0.29, 0.717) is 27.0 Å². The number of pyridine rings is 1. The van der Waals surface area contributed by atoms with Gasteiger partial charge in [-0.3, -0.25) is 9.78 Å². The molecular weight excluding hydrogens is 331 g/mol. The Kier molecular flexibility index (Phi) is 4.48. The lowest BCUT2D eigenvalue weighted by Crippen LogP contribution is -2.16. The van der Waals surface area contributed by atoms with Crippen LogP contribution in [-0.4, -0.2) is 28.1 Å². The van der Waals surface area contributed by atoms with Gasteiger partial charge < -0.3 is 9.84 Å². The van der Waals surface area contributed by atoms with Gasteiger partial charge in [0.1, 0.15) is 27.2 Å². The standard InChI is InChI=1S/C16H13FN4O2S/c1-9-11(4-6-14-20-8-13(24-14)16(22)18-2)15(21-23-9)12-5-3-10(17)7-19-12/h3-8H,1-2H3,(H,18,22)/b6-4+. The van der Waals surface area contributed by atoms with Crippen LogP contribution in [0.5, 0.6) is 0 Å². The zero-order valence-electron chi connectivity index (χ0n) is 12.9. The molecule has 1 amide bonds. The third-order valence-corrected chi connectivity index (χ3v) is 4.21. The molecule has 122 valence electrons. The average molecular weight is 344 g/mol. The van der Waals surface area contributed by atoms with Crippen molar-refractivity contribution in [2.75, 3.05) is 7.05 Å². The van der Waals surface area contributed by atoms with E-state index in [1.165, 1.54) is 29.7 Å².